The van der Waals surface area contributed by atoms with Crippen molar-refractivity contribution in [2.24, 2.45) is 0 Å². The largest absolute Gasteiger partial charge is 0.465 e. The molecule has 0 aliphatic carbocycles. The highest BCUT2D eigenvalue weighted by molar-refractivity contribution is 8.00. The molecule has 0 radical (unpaired) electrons. The number of nitrogens with one attached hydrogen (secondary N) is 1. The number of methoxy groups -OCH3 is 1. The Morgan fingerprint density at radius 3 is 2.94 bits per heavy atom. The maximum absolute atomic E-state index is 11.8. The van der Waals surface area contributed by atoms with Gasteiger partial charge >= 0.3 is 11.5 Å². The van der Waals surface area contributed by atoms with Crippen LogP contribution in [0.25, 0.3) is 0 Å². The van der Waals surface area contributed by atoms with Crippen molar-refractivity contribution < 1.29 is 22.7 Å². The first kappa shape index (κ1) is 14.1. The van der Waals surface area contributed by atoms with Gasteiger partial charge in [-0.25, -0.2) is 9.78 Å². The summed E-state index contributed by atoms with van der Waals surface area (Å²) >= 11 is 0.929. The summed E-state index contributed by atoms with van der Waals surface area (Å²) < 4.78 is 39.9. The van der Waals surface area contributed by atoms with Crippen molar-refractivity contribution in [1.29, 1.82) is 0 Å². The molecule has 0 aliphatic heterocycles. The van der Waals surface area contributed by atoms with Crippen molar-refractivity contribution in [3.63, 3.8) is 0 Å². The van der Waals surface area contributed by atoms with Crippen LogP contribution in [0.4, 0.5) is 18.3 Å². The molecule has 0 fully saturated rings. The molecular formula is C8H9F3N2O2S2. The van der Waals surface area contributed by atoms with E-state index < -0.39 is 11.5 Å². The zero-order valence-corrected chi connectivity index (χ0v) is 10.3. The van der Waals surface area contributed by atoms with Crippen molar-refractivity contribution in [3.8, 4) is 0 Å². The van der Waals surface area contributed by atoms with Gasteiger partial charge in [0.15, 0.2) is 5.13 Å². The average Bonchev–Trinajstić information content (AvgIpc) is 2.70. The third-order valence-electron chi connectivity index (χ3n) is 1.54. The molecule has 0 unspecified atom stereocenters. The summed E-state index contributed by atoms with van der Waals surface area (Å²) in [6, 6.07) is 0. The molecule has 0 amide bonds. The van der Waals surface area contributed by atoms with Crippen LogP contribution >= 0.6 is 23.1 Å². The number of hydrogen-bond acceptors (Lipinski definition) is 6. The molecule has 0 bridgehead atoms. The number of ether oxygens (including phenoxy) is 1. The summed E-state index contributed by atoms with van der Waals surface area (Å²) in [7, 11) is 1.25. The van der Waals surface area contributed by atoms with Crippen molar-refractivity contribution in [2.75, 3.05) is 24.7 Å². The van der Waals surface area contributed by atoms with E-state index >= 15 is 0 Å². The summed E-state index contributed by atoms with van der Waals surface area (Å²) in [5.74, 6) is -0.628. The highest BCUT2D eigenvalue weighted by Gasteiger charge is 2.27. The lowest BCUT2D eigenvalue weighted by Gasteiger charge is -2.05. The van der Waals surface area contributed by atoms with E-state index in [-0.39, 0.29) is 24.1 Å². The van der Waals surface area contributed by atoms with E-state index in [9.17, 15) is 18.0 Å². The zero-order valence-electron chi connectivity index (χ0n) is 8.71. The number of anilines is 1. The Balaban J connectivity index is 2.33. The minimum Gasteiger partial charge on any atom is -0.465 e. The fourth-order valence-electron chi connectivity index (χ4n) is 0.876. The van der Waals surface area contributed by atoms with Crippen molar-refractivity contribution in [3.05, 3.63) is 11.1 Å². The molecule has 0 atom stereocenters. The molecule has 9 heteroatoms. The molecule has 0 spiro atoms. The summed E-state index contributed by atoms with van der Waals surface area (Å²) in [6.07, 6.45) is 1.32. The number of hydrogen-bond donors (Lipinski definition) is 1. The van der Waals surface area contributed by atoms with Crippen LogP contribution in [0.3, 0.4) is 0 Å². The van der Waals surface area contributed by atoms with Crippen LogP contribution in [-0.2, 0) is 4.74 Å². The van der Waals surface area contributed by atoms with Gasteiger partial charge in [-0.05, 0) is 11.8 Å². The number of carbonyl (C=O) groups is 1. The third kappa shape index (κ3) is 5.26. The first-order valence-corrected chi connectivity index (χ1v) is 6.21. The molecule has 1 N–H and O–H groups in total. The van der Waals surface area contributed by atoms with E-state index in [1.54, 1.807) is 0 Å². The number of carbonyl (C=O) groups excluding carboxylic acids is 1. The van der Waals surface area contributed by atoms with Gasteiger partial charge in [0.2, 0.25) is 0 Å². The second kappa shape index (κ2) is 6.10. The summed E-state index contributed by atoms with van der Waals surface area (Å²) in [6.45, 7) is 0.123. The number of thioether (sulfide) groups is 1. The molecule has 1 heterocycles. The number of thiazole rings is 1. The lowest BCUT2D eigenvalue weighted by atomic mass is 10.6. The fraction of sp³-hybridized carbons (Fsp3) is 0.500. The molecule has 1 aromatic rings. The normalized spacial score (nSPS) is 11.3. The Hall–Kier alpha value is -0.960. The maximum atomic E-state index is 11.8. The summed E-state index contributed by atoms with van der Waals surface area (Å²) in [5.41, 5.74) is -4.22. The molecular weight excluding hydrogens is 277 g/mol. The van der Waals surface area contributed by atoms with Gasteiger partial charge < -0.3 is 10.1 Å². The van der Waals surface area contributed by atoms with E-state index in [0.29, 0.717) is 10.0 Å². The zero-order chi connectivity index (χ0) is 12.9. The quantitative estimate of drug-likeness (QED) is 0.666. The van der Waals surface area contributed by atoms with Crippen LogP contribution in [-0.4, -0.2) is 35.9 Å². The predicted molar refractivity (Wildman–Crippen MR) is 60.5 cm³/mol. The number of halogens is 3. The monoisotopic (exact) mass is 286 g/mol. The number of nitrogens with zero attached hydrogens (tertiary/aromatic N) is 1. The molecule has 96 valence electrons. The van der Waals surface area contributed by atoms with E-state index in [1.807, 2.05) is 0 Å². The van der Waals surface area contributed by atoms with E-state index in [4.69, 9.17) is 0 Å². The SMILES string of the molecule is COC(=O)c1cnc(NCCSC(F)(F)F)s1. The molecule has 0 saturated heterocycles. The Bertz CT molecular complexity index is 381. The van der Waals surface area contributed by atoms with Gasteiger partial charge in [0, 0.05) is 12.3 Å². The molecule has 0 saturated carbocycles. The van der Waals surface area contributed by atoms with Crippen LogP contribution in [0.1, 0.15) is 9.67 Å². The fourth-order valence-corrected chi connectivity index (χ4v) is 2.07. The van der Waals surface area contributed by atoms with Crippen LogP contribution in [0.5, 0.6) is 0 Å². The average molecular weight is 286 g/mol. The van der Waals surface area contributed by atoms with Crippen LogP contribution in [0.15, 0.2) is 6.20 Å². The number of alkyl halides is 3. The lowest BCUT2D eigenvalue weighted by molar-refractivity contribution is -0.0327. The molecule has 17 heavy (non-hydrogen) atoms. The number of esters is 1. The van der Waals surface area contributed by atoms with Gasteiger partial charge in [0.25, 0.3) is 0 Å². The molecule has 0 aromatic carbocycles. The van der Waals surface area contributed by atoms with Gasteiger partial charge in [0.05, 0.1) is 13.3 Å². The van der Waals surface area contributed by atoms with Crippen LogP contribution in [0, 0.1) is 0 Å². The molecule has 4 nitrogen and oxygen atoms in total. The predicted octanol–water partition coefficient (Wildman–Crippen LogP) is 2.59. The molecule has 1 aromatic heterocycles. The van der Waals surface area contributed by atoms with Gasteiger partial charge in [0.1, 0.15) is 4.88 Å². The Morgan fingerprint density at radius 1 is 1.65 bits per heavy atom. The summed E-state index contributed by atoms with van der Waals surface area (Å²) in [4.78, 5) is 15.2. The molecule has 1 rings (SSSR count). The second-order valence-corrected chi connectivity index (χ2v) is 4.93. The van der Waals surface area contributed by atoms with Crippen molar-refractivity contribution in [1.82, 2.24) is 4.98 Å². The third-order valence-corrected chi connectivity index (χ3v) is 3.21. The van der Waals surface area contributed by atoms with Gasteiger partial charge in [-0.15, -0.1) is 0 Å². The lowest BCUT2D eigenvalue weighted by Crippen LogP contribution is -2.09. The highest BCUT2D eigenvalue weighted by Crippen LogP contribution is 2.29. The van der Waals surface area contributed by atoms with E-state index in [1.165, 1.54) is 13.3 Å². The van der Waals surface area contributed by atoms with Crippen molar-refractivity contribution in [2.45, 2.75) is 5.51 Å². The maximum Gasteiger partial charge on any atom is 0.441 e. The van der Waals surface area contributed by atoms with E-state index in [0.717, 1.165) is 11.3 Å². The smallest absolute Gasteiger partial charge is 0.441 e. The minimum atomic E-state index is -4.22. The first-order chi connectivity index (χ1) is 7.92. The second-order valence-electron chi connectivity index (χ2n) is 2.74. The van der Waals surface area contributed by atoms with E-state index in [2.05, 4.69) is 15.0 Å². The molecule has 0 aliphatic rings. The number of rotatable bonds is 5. The van der Waals surface area contributed by atoms with Gasteiger partial charge in [-0.2, -0.15) is 13.2 Å². The van der Waals surface area contributed by atoms with Gasteiger partial charge in [-0.3, -0.25) is 0 Å². The Labute approximate surface area is 104 Å². The van der Waals surface area contributed by atoms with Crippen LogP contribution < -0.4 is 5.32 Å². The Kier molecular flexibility index (Phi) is 5.06. The minimum absolute atomic E-state index is 0.107. The van der Waals surface area contributed by atoms with Gasteiger partial charge in [-0.1, -0.05) is 11.3 Å². The van der Waals surface area contributed by atoms with Crippen molar-refractivity contribution >= 4 is 34.2 Å². The standard InChI is InChI=1S/C8H9F3N2O2S2/c1-15-6(14)5-4-13-7(17-5)12-2-3-16-8(9,10)11/h4H,2-3H2,1H3,(H,12,13). The first-order valence-electron chi connectivity index (χ1n) is 4.41. The number of aromatic nitrogens is 1. The topological polar surface area (TPSA) is 51.2 Å². The Morgan fingerprint density at radius 2 is 2.35 bits per heavy atom. The summed E-state index contributed by atoms with van der Waals surface area (Å²) in [5, 5.41) is 3.09. The highest BCUT2D eigenvalue weighted by atomic mass is 32.2. The van der Waals surface area contributed by atoms with Crippen LogP contribution in [0.2, 0.25) is 0 Å².